The van der Waals surface area contributed by atoms with E-state index in [-0.39, 0.29) is 11.3 Å². The van der Waals surface area contributed by atoms with Crippen LogP contribution in [-0.2, 0) is 18.3 Å². The normalized spacial score (nSPS) is 26.7. The van der Waals surface area contributed by atoms with Crippen molar-refractivity contribution in [2.75, 3.05) is 32.9 Å². The number of fused-ring (bicyclic) bond motifs is 1. The van der Waals surface area contributed by atoms with E-state index in [1.165, 1.54) is 11.6 Å². The molecule has 2 aromatic heterocycles. The number of aromatic nitrogens is 3. The molecular formula is C17H21FN4O2. The van der Waals surface area contributed by atoms with Crippen LogP contribution in [0.5, 0.6) is 5.88 Å². The zero-order chi connectivity index (χ0) is 16.6. The van der Waals surface area contributed by atoms with Crippen molar-refractivity contribution in [3.8, 4) is 5.88 Å². The summed E-state index contributed by atoms with van der Waals surface area (Å²) in [7, 11) is 1.92. The highest BCUT2D eigenvalue weighted by Gasteiger charge is 2.51. The Hall–Kier alpha value is -1.99. The van der Waals surface area contributed by atoms with Gasteiger partial charge in [-0.05, 0) is 12.1 Å². The summed E-state index contributed by atoms with van der Waals surface area (Å²) in [6.07, 6.45) is 5.48. The lowest BCUT2D eigenvalue weighted by atomic mass is 9.82. The molecule has 0 aromatic carbocycles. The number of rotatable bonds is 5. The van der Waals surface area contributed by atoms with Gasteiger partial charge in [-0.3, -0.25) is 9.58 Å². The molecule has 6 nitrogen and oxygen atoms in total. The number of halogens is 1. The Morgan fingerprint density at radius 2 is 2.42 bits per heavy atom. The molecule has 128 valence electrons. The quantitative estimate of drug-likeness (QED) is 0.830. The van der Waals surface area contributed by atoms with Gasteiger partial charge >= 0.3 is 0 Å². The highest BCUT2D eigenvalue weighted by Crippen LogP contribution is 2.42. The fourth-order valence-corrected chi connectivity index (χ4v) is 3.77. The highest BCUT2D eigenvalue weighted by atomic mass is 19.1. The molecule has 2 aromatic rings. The number of ether oxygens (including phenoxy) is 2. The molecule has 2 fully saturated rings. The molecule has 0 amide bonds. The van der Waals surface area contributed by atoms with Crippen LogP contribution in [0.25, 0.3) is 0 Å². The SMILES string of the molecule is Cn1cc(CN2C[C@@H]3COC[C@]3(COc3ncccc3F)C2)cn1. The molecule has 2 saturated heterocycles. The molecule has 4 heterocycles. The summed E-state index contributed by atoms with van der Waals surface area (Å²) in [5.74, 6) is 0.0544. The maximum absolute atomic E-state index is 13.7. The molecular weight excluding hydrogens is 311 g/mol. The second kappa shape index (κ2) is 6.14. The number of hydrogen-bond donors (Lipinski definition) is 0. The summed E-state index contributed by atoms with van der Waals surface area (Å²) >= 11 is 0. The van der Waals surface area contributed by atoms with Gasteiger partial charge in [-0.25, -0.2) is 9.37 Å². The molecule has 2 aliphatic rings. The van der Waals surface area contributed by atoms with Gasteiger partial charge in [-0.1, -0.05) is 0 Å². The largest absolute Gasteiger partial charge is 0.475 e. The summed E-state index contributed by atoms with van der Waals surface area (Å²) in [6.45, 7) is 4.51. The van der Waals surface area contributed by atoms with Gasteiger partial charge in [-0.15, -0.1) is 0 Å². The summed E-state index contributed by atoms with van der Waals surface area (Å²) in [6, 6.07) is 2.93. The summed E-state index contributed by atoms with van der Waals surface area (Å²) < 4.78 is 27.0. The maximum atomic E-state index is 13.7. The van der Waals surface area contributed by atoms with Gasteiger partial charge < -0.3 is 9.47 Å². The second-order valence-electron chi connectivity index (χ2n) is 6.85. The van der Waals surface area contributed by atoms with E-state index in [0.717, 1.165) is 26.2 Å². The van der Waals surface area contributed by atoms with Crippen LogP contribution in [0.1, 0.15) is 5.56 Å². The van der Waals surface area contributed by atoms with Crippen molar-refractivity contribution < 1.29 is 13.9 Å². The molecule has 0 aliphatic carbocycles. The monoisotopic (exact) mass is 332 g/mol. The Morgan fingerprint density at radius 3 is 3.21 bits per heavy atom. The molecule has 0 saturated carbocycles. The molecule has 0 spiro atoms. The van der Waals surface area contributed by atoms with E-state index in [2.05, 4.69) is 15.0 Å². The number of pyridine rings is 1. The van der Waals surface area contributed by atoms with E-state index in [4.69, 9.17) is 9.47 Å². The van der Waals surface area contributed by atoms with Crippen LogP contribution >= 0.6 is 0 Å². The number of hydrogen-bond acceptors (Lipinski definition) is 5. The Balaban J connectivity index is 1.44. The minimum atomic E-state index is -0.422. The van der Waals surface area contributed by atoms with E-state index in [1.54, 1.807) is 12.3 Å². The molecule has 4 rings (SSSR count). The summed E-state index contributed by atoms with van der Waals surface area (Å²) in [5, 5.41) is 4.22. The molecule has 2 atom stereocenters. The predicted molar refractivity (Wildman–Crippen MR) is 84.9 cm³/mol. The average Bonchev–Trinajstić information content (AvgIpc) is 3.21. The Bertz CT molecular complexity index is 722. The van der Waals surface area contributed by atoms with Gasteiger partial charge in [0.15, 0.2) is 5.82 Å². The van der Waals surface area contributed by atoms with Crippen molar-refractivity contribution in [2.24, 2.45) is 18.4 Å². The molecule has 0 bridgehead atoms. The Morgan fingerprint density at radius 1 is 1.50 bits per heavy atom. The van der Waals surface area contributed by atoms with E-state index in [9.17, 15) is 4.39 Å². The van der Waals surface area contributed by atoms with Crippen molar-refractivity contribution in [1.82, 2.24) is 19.7 Å². The standard InChI is InChI=1S/C17H21FN4O2/c1-21-6-13(5-20-21)7-22-8-14-9-23-11-17(14,10-22)12-24-16-15(18)3-2-4-19-16/h2-6,14H,7-12H2,1H3/t14-,17+/m1/s1. The predicted octanol–water partition coefficient (Wildman–Crippen LogP) is 1.48. The topological polar surface area (TPSA) is 52.4 Å². The number of aryl methyl sites for hydroxylation is 1. The first-order chi connectivity index (χ1) is 11.6. The Kier molecular flexibility index (Phi) is 3.97. The second-order valence-corrected chi connectivity index (χ2v) is 6.85. The lowest BCUT2D eigenvalue weighted by Gasteiger charge is -2.27. The van der Waals surface area contributed by atoms with Gasteiger partial charge in [0.05, 0.1) is 26.0 Å². The third kappa shape index (κ3) is 2.89. The van der Waals surface area contributed by atoms with Gasteiger partial charge in [0.25, 0.3) is 0 Å². The first-order valence-corrected chi connectivity index (χ1v) is 8.16. The average molecular weight is 332 g/mol. The minimum Gasteiger partial charge on any atom is -0.475 e. The zero-order valence-electron chi connectivity index (χ0n) is 13.7. The highest BCUT2D eigenvalue weighted by molar-refractivity contribution is 5.14. The van der Waals surface area contributed by atoms with Crippen molar-refractivity contribution in [2.45, 2.75) is 6.54 Å². The van der Waals surface area contributed by atoms with Crippen LogP contribution in [0, 0.1) is 17.2 Å². The zero-order valence-corrected chi connectivity index (χ0v) is 13.7. The van der Waals surface area contributed by atoms with E-state index < -0.39 is 5.82 Å². The summed E-state index contributed by atoms with van der Waals surface area (Å²) in [5.41, 5.74) is 1.11. The van der Waals surface area contributed by atoms with Crippen LogP contribution in [0.15, 0.2) is 30.7 Å². The van der Waals surface area contributed by atoms with Crippen molar-refractivity contribution >= 4 is 0 Å². The number of nitrogens with zero attached hydrogens (tertiary/aromatic N) is 4. The smallest absolute Gasteiger partial charge is 0.250 e. The fourth-order valence-electron chi connectivity index (χ4n) is 3.77. The number of likely N-dealkylation sites (tertiary alicyclic amines) is 1. The Labute approximate surface area is 140 Å². The first kappa shape index (κ1) is 15.5. The van der Waals surface area contributed by atoms with Crippen LogP contribution in [-0.4, -0.2) is 52.6 Å². The van der Waals surface area contributed by atoms with Crippen LogP contribution in [0.2, 0.25) is 0 Å². The van der Waals surface area contributed by atoms with Crippen LogP contribution in [0.4, 0.5) is 4.39 Å². The third-order valence-corrected chi connectivity index (χ3v) is 4.98. The summed E-state index contributed by atoms with van der Waals surface area (Å²) in [4.78, 5) is 6.38. The molecule has 0 unspecified atom stereocenters. The van der Waals surface area contributed by atoms with Crippen molar-refractivity contribution in [1.29, 1.82) is 0 Å². The first-order valence-electron chi connectivity index (χ1n) is 8.16. The third-order valence-electron chi connectivity index (χ3n) is 4.98. The molecule has 0 radical (unpaired) electrons. The molecule has 2 aliphatic heterocycles. The lowest BCUT2D eigenvalue weighted by Crippen LogP contribution is -2.37. The van der Waals surface area contributed by atoms with Gasteiger partial charge in [0, 0.05) is 56.0 Å². The van der Waals surface area contributed by atoms with Gasteiger partial charge in [-0.2, -0.15) is 5.10 Å². The van der Waals surface area contributed by atoms with Crippen molar-refractivity contribution in [3.63, 3.8) is 0 Å². The van der Waals surface area contributed by atoms with E-state index >= 15 is 0 Å². The van der Waals surface area contributed by atoms with Gasteiger partial charge in [0.2, 0.25) is 5.88 Å². The van der Waals surface area contributed by atoms with E-state index in [1.807, 2.05) is 24.1 Å². The minimum absolute atomic E-state index is 0.0724. The molecule has 24 heavy (non-hydrogen) atoms. The molecule has 7 heteroatoms. The maximum Gasteiger partial charge on any atom is 0.250 e. The van der Waals surface area contributed by atoms with Gasteiger partial charge in [0.1, 0.15) is 0 Å². The van der Waals surface area contributed by atoms with Crippen molar-refractivity contribution in [3.05, 3.63) is 42.1 Å². The van der Waals surface area contributed by atoms with Crippen LogP contribution in [0.3, 0.4) is 0 Å². The molecule has 0 N–H and O–H groups in total. The lowest BCUT2D eigenvalue weighted by molar-refractivity contribution is 0.0862. The van der Waals surface area contributed by atoms with E-state index in [0.29, 0.717) is 19.1 Å². The fraction of sp³-hybridized carbons (Fsp3) is 0.529. The van der Waals surface area contributed by atoms with Crippen LogP contribution < -0.4 is 4.74 Å².